The molecule has 2 nitrogen and oxygen atoms in total. The average molecular weight is 209 g/mol. The number of aliphatic hydroxyl groups is 1. The van der Waals surface area contributed by atoms with Gasteiger partial charge in [0, 0.05) is 12.6 Å². The molecule has 3 saturated carbocycles. The van der Waals surface area contributed by atoms with Crippen molar-refractivity contribution in [3.05, 3.63) is 0 Å². The molecule has 15 heavy (non-hydrogen) atoms. The van der Waals surface area contributed by atoms with Crippen LogP contribution in [0.1, 0.15) is 38.5 Å². The topological polar surface area (TPSA) is 32.3 Å². The molecule has 2 heteroatoms. The summed E-state index contributed by atoms with van der Waals surface area (Å²) >= 11 is 0. The number of hydrogen-bond acceptors (Lipinski definition) is 2. The third-order valence-corrected chi connectivity index (χ3v) is 5.17. The maximum absolute atomic E-state index is 8.78. The van der Waals surface area contributed by atoms with Gasteiger partial charge >= 0.3 is 0 Å². The summed E-state index contributed by atoms with van der Waals surface area (Å²) in [6, 6.07) is 0.792. The van der Waals surface area contributed by atoms with E-state index < -0.39 is 0 Å². The van der Waals surface area contributed by atoms with Crippen LogP contribution in [0.4, 0.5) is 0 Å². The van der Waals surface area contributed by atoms with Crippen molar-refractivity contribution in [2.75, 3.05) is 13.2 Å². The number of hydrogen-bond donors (Lipinski definition) is 2. The zero-order valence-electron chi connectivity index (χ0n) is 9.49. The van der Waals surface area contributed by atoms with E-state index in [-0.39, 0.29) is 0 Å². The average Bonchev–Trinajstić information content (AvgIpc) is 2.89. The highest BCUT2D eigenvalue weighted by atomic mass is 16.3. The summed E-state index contributed by atoms with van der Waals surface area (Å²) in [5.41, 5.74) is 0. The molecule has 0 saturated heterocycles. The summed E-state index contributed by atoms with van der Waals surface area (Å²) in [6.45, 7) is 1.35. The molecule has 0 aromatic carbocycles. The molecule has 5 atom stereocenters. The van der Waals surface area contributed by atoms with Crippen LogP contribution in [0.3, 0.4) is 0 Å². The molecule has 3 fully saturated rings. The smallest absolute Gasteiger partial charge is 0.0443 e. The predicted molar refractivity (Wildman–Crippen MR) is 60.5 cm³/mol. The van der Waals surface area contributed by atoms with Crippen LogP contribution >= 0.6 is 0 Å². The van der Waals surface area contributed by atoms with Gasteiger partial charge in [-0.1, -0.05) is 6.42 Å². The van der Waals surface area contributed by atoms with Gasteiger partial charge in [0.2, 0.25) is 0 Å². The first-order valence-electron chi connectivity index (χ1n) is 6.74. The monoisotopic (exact) mass is 209 g/mol. The van der Waals surface area contributed by atoms with Crippen LogP contribution in [0.2, 0.25) is 0 Å². The molecule has 0 amide bonds. The quantitative estimate of drug-likeness (QED) is 0.692. The SMILES string of the molecule is OCCCN[C@H]1C[C@H]2C[C@H]1[C@@H]1CCC[C@H]21. The molecule has 0 aromatic rings. The van der Waals surface area contributed by atoms with E-state index >= 15 is 0 Å². The van der Waals surface area contributed by atoms with Crippen molar-refractivity contribution < 1.29 is 5.11 Å². The largest absolute Gasteiger partial charge is 0.396 e. The Morgan fingerprint density at radius 2 is 1.93 bits per heavy atom. The molecule has 0 spiro atoms. The van der Waals surface area contributed by atoms with Crippen LogP contribution in [0, 0.1) is 23.7 Å². The van der Waals surface area contributed by atoms with E-state index in [2.05, 4.69) is 5.32 Å². The highest BCUT2D eigenvalue weighted by Crippen LogP contribution is 2.58. The van der Waals surface area contributed by atoms with E-state index in [1.54, 1.807) is 0 Å². The maximum Gasteiger partial charge on any atom is 0.0443 e. The van der Waals surface area contributed by atoms with Gasteiger partial charge in [-0.2, -0.15) is 0 Å². The number of nitrogens with one attached hydrogen (secondary N) is 1. The van der Waals surface area contributed by atoms with Crippen LogP contribution in [-0.2, 0) is 0 Å². The Hall–Kier alpha value is -0.0800. The van der Waals surface area contributed by atoms with Crippen LogP contribution in [0.15, 0.2) is 0 Å². The van der Waals surface area contributed by atoms with Crippen molar-refractivity contribution in [1.82, 2.24) is 5.32 Å². The fourth-order valence-electron chi connectivity index (χ4n) is 4.67. The third kappa shape index (κ3) is 1.62. The van der Waals surface area contributed by atoms with Crippen LogP contribution in [0.25, 0.3) is 0 Å². The van der Waals surface area contributed by atoms with Crippen molar-refractivity contribution in [3.63, 3.8) is 0 Å². The molecular weight excluding hydrogens is 186 g/mol. The Balaban J connectivity index is 1.56. The van der Waals surface area contributed by atoms with Crippen molar-refractivity contribution in [3.8, 4) is 0 Å². The first-order valence-corrected chi connectivity index (χ1v) is 6.74. The van der Waals surface area contributed by atoms with Crippen LogP contribution in [0.5, 0.6) is 0 Å². The second-order valence-electron chi connectivity index (χ2n) is 5.79. The van der Waals surface area contributed by atoms with Crippen molar-refractivity contribution in [2.45, 2.75) is 44.6 Å². The summed E-state index contributed by atoms with van der Waals surface area (Å²) in [5.74, 6) is 4.21. The molecular formula is C13H23NO. The molecule has 0 radical (unpaired) electrons. The Kier molecular flexibility index (Phi) is 2.73. The van der Waals surface area contributed by atoms with Crippen LogP contribution < -0.4 is 5.32 Å². The molecule has 2 bridgehead atoms. The van der Waals surface area contributed by atoms with Gasteiger partial charge in [-0.15, -0.1) is 0 Å². The first kappa shape index (κ1) is 10.1. The second-order valence-corrected chi connectivity index (χ2v) is 5.79. The fraction of sp³-hybridized carbons (Fsp3) is 1.00. The standard InChI is InChI=1S/C13H23NO/c15-6-2-5-14-13-8-9-7-12(13)11-4-1-3-10(9)11/h9-15H,1-8H2/t9-,10-,11-,12+,13+/m1/s1. The normalized spacial score (nSPS) is 47.4. The molecule has 3 rings (SSSR count). The van der Waals surface area contributed by atoms with Gasteiger partial charge in [0.25, 0.3) is 0 Å². The second kappa shape index (κ2) is 4.06. The van der Waals surface area contributed by atoms with E-state index in [1.807, 2.05) is 0 Å². The van der Waals surface area contributed by atoms with Crippen molar-refractivity contribution in [2.24, 2.45) is 23.7 Å². The summed E-state index contributed by atoms with van der Waals surface area (Å²) < 4.78 is 0. The van der Waals surface area contributed by atoms with Gasteiger partial charge in [0.15, 0.2) is 0 Å². The van der Waals surface area contributed by atoms with Crippen LogP contribution in [-0.4, -0.2) is 24.3 Å². The van der Waals surface area contributed by atoms with E-state index in [4.69, 9.17) is 5.11 Å². The van der Waals surface area contributed by atoms with Gasteiger partial charge in [0.05, 0.1) is 0 Å². The zero-order valence-corrected chi connectivity index (χ0v) is 9.49. The lowest BCUT2D eigenvalue weighted by molar-refractivity contribution is 0.204. The first-order chi connectivity index (χ1) is 7.40. The maximum atomic E-state index is 8.78. The Morgan fingerprint density at radius 3 is 2.80 bits per heavy atom. The van der Waals surface area contributed by atoms with Gasteiger partial charge in [0.1, 0.15) is 0 Å². The minimum Gasteiger partial charge on any atom is -0.396 e. The molecule has 0 aromatic heterocycles. The lowest BCUT2D eigenvalue weighted by Crippen LogP contribution is -2.39. The highest BCUT2D eigenvalue weighted by molar-refractivity contribution is 5.05. The highest BCUT2D eigenvalue weighted by Gasteiger charge is 2.53. The Morgan fingerprint density at radius 1 is 1.07 bits per heavy atom. The van der Waals surface area contributed by atoms with E-state index in [1.165, 1.54) is 32.1 Å². The summed E-state index contributed by atoms with van der Waals surface area (Å²) in [6.07, 6.45) is 8.37. The summed E-state index contributed by atoms with van der Waals surface area (Å²) in [7, 11) is 0. The van der Waals surface area contributed by atoms with Gasteiger partial charge < -0.3 is 10.4 Å². The van der Waals surface area contributed by atoms with E-state index in [0.717, 1.165) is 42.7 Å². The number of fused-ring (bicyclic) bond motifs is 5. The zero-order chi connectivity index (χ0) is 10.3. The van der Waals surface area contributed by atoms with Crippen molar-refractivity contribution >= 4 is 0 Å². The minimum absolute atomic E-state index is 0.333. The number of rotatable bonds is 4. The molecule has 3 aliphatic carbocycles. The lowest BCUT2D eigenvalue weighted by Gasteiger charge is -2.32. The summed E-state index contributed by atoms with van der Waals surface area (Å²) in [4.78, 5) is 0. The Labute approximate surface area is 92.4 Å². The van der Waals surface area contributed by atoms with Gasteiger partial charge in [-0.3, -0.25) is 0 Å². The molecule has 86 valence electrons. The molecule has 0 unspecified atom stereocenters. The minimum atomic E-state index is 0.333. The van der Waals surface area contributed by atoms with Gasteiger partial charge in [-0.25, -0.2) is 0 Å². The molecule has 0 aliphatic heterocycles. The summed E-state index contributed by atoms with van der Waals surface area (Å²) in [5, 5.41) is 12.4. The predicted octanol–water partition coefficient (Wildman–Crippen LogP) is 1.78. The third-order valence-electron chi connectivity index (χ3n) is 5.17. The molecule has 2 N–H and O–H groups in total. The van der Waals surface area contributed by atoms with Crippen molar-refractivity contribution in [1.29, 1.82) is 0 Å². The number of aliphatic hydroxyl groups excluding tert-OH is 1. The molecule has 3 aliphatic rings. The van der Waals surface area contributed by atoms with E-state index in [0.29, 0.717) is 6.61 Å². The fourth-order valence-corrected chi connectivity index (χ4v) is 4.67. The lowest BCUT2D eigenvalue weighted by atomic mass is 9.79. The van der Waals surface area contributed by atoms with E-state index in [9.17, 15) is 0 Å². The Bertz CT molecular complexity index is 231. The van der Waals surface area contributed by atoms with Gasteiger partial charge in [-0.05, 0) is 62.3 Å². The molecule has 0 heterocycles.